The summed E-state index contributed by atoms with van der Waals surface area (Å²) in [6, 6.07) is 13.0. The molecular formula is C21H24N2O6S. The van der Waals surface area contributed by atoms with Gasteiger partial charge in [0.1, 0.15) is 5.75 Å². The van der Waals surface area contributed by atoms with Gasteiger partial charge in [0.05, 0.1) is 16.4 Å². The largest absolute Gasteiger partial charge is 0.484 e. The molecule has 8 nitrogen and oxygen atoms in total. The van der Waals surface area contributed by atoms with Gasteiger partial charge in [-0.1, -0.05) is 31.2 Å². The zero-order chi connectivity index (χ0) is 21.7. The van der Waals surface area contributed by atoms with Crippen molar-refractivity contribution in [2.45, 2.75) is 32.4 Å². The number of nitro benzene ring substituents is 1. The molecule has 0 saturated carbocycles. The summed E-state index contributed by atoms with van der Waals surface area (Å²) in [4.78, 5) is 24.7. The number of benzene rings is 2. The molecule has 1 aliphatic heterocycles. The van der Waals surface area contributed by atoms with Crippen molar-refractivity contribution < 1.29 is 22.9 Å². The van der Waals surface area contributed by atoms with Crippen LogP contribution in [0.3, 0.4) is 0 Å². The highest BCUT2D eigenvalue weighted by Crippen LogP contribution is 2.22. The van der Waals surface area contributed by atoms with Crippen molar-refractivity contribution in [1.29, 1.82) is 0 Å². The van der Waals surface area contributed by atoms with E-state index in [-0.39, 0.29) is 29.7 Å². The number of carbonyl (C=O) groups is 1. The number of carbonyl (C=O) groups excluding carboxylic acids is 1. The number of sulfone groups is 1. The number of non-ortho nitro benzene ring substituents is 1. The molecule has 0 spiro atoms. The monoisotopic (exact) mass is 432 g/mol. The van der Waals surface area contributed by atoms with E-state index in [4.69, 9.17) is 4.74 Å². The van der Waals surface area contributed by atoms with Crippen LogP contribution in [0, 0.1) is 10.1 Å². The molecule has 160 valence electrons. The summed E-state index contributed by atoms with van der Waals surface area (Å²) in [5.74, 6) is 0.0261. The molecule has 0 bridgehead atoms. The highest BCUT2D eigenvalue weighted by atomic mass is 32.2. The molecule has 3 rings (SSSR count). The quantitative estimate of drug-likeness (QED) is 0.469. The normalized spacial score (nSPS) is 17.4. The highest BCUT2D eigenvalue weighted by Gasteiger charge is 2.34. The van der Waals surface area contributed by atoms with Crippen molar-refractivity contribution in [3.63, 3.8) is 0 Å². The Balaban J connectivity index is 1.71. The molecule has 0 aliphatic carbocycles. The molecule has 0 unspecified atom stereocenters. The zero-order valence-corrected chi connectivity index (χ0v) is 17.5. The first kappa shape index (κ1) is 21.8. The molecule has 1 fully saturated rings. The molecule has 0 N–H and O–H groups in total. The lowest BCUT2D eigenvalue weighted by molar-refractivity contribution is -0.384. The maximum Gasteiger partial charge on any atom is 0.269 e. The highest BCUT2D eigenvalue weighted by molar-refractivity contribution is 7.91. The predicted molar refractivity (Wildman–Crippen MR) is 112 cm³/mol. The number of hydrogen-bond acceptors (Lipinski definition) is 6. The molecule has 1 heterocycles. The number of hydrogen-bond donors (Lipinski definition) is 0. The molecule has 2 aromatic rings. The fourth-order valence-electron chi connectivity index (χ4n) is 3.41. The second-order valence-corrected chi connectivity index (χ2v) is 9.52. The van der Waals surface area contributed by atoms with Crippen molar-refractivity contribution in [2.75, 3.05) is 18.1 Å². The van der Waals surface area contributed by atoms with E-state index in [9.17, 15) is 23.3 Å². The lowest BCUT2D eigenvalue weighted by Crippen LogP contribution is -2.43. The number of nitro groups is 1. The minimum atomic E-state index is -3.16. The Morgan fingerprint density at radius 3 is 2.30 bits per heavy atom. The number of aryl methyl sites for hydroxylation is 1. The van der Waals surface area contributed by atoms with Gasteiger partial charge >= 0.3 is 0 Å². The summed E-state index contributed by atoms with van der Waals surface area (Å²) in [5.41, 5.74) is 2.03. The molecule has 1 atom stereocenters. The van der Waals surface area contributed by atoms with E-state index in [1.807, 2.05) is 24.3 Å². The molecule has 2 aromatic carbocycles. The van der Waals surface area contributed by atoms with Crippen LogP contribution >= 0.6 is 0 Å². The van der Waals surface area contributed by atoms with Crippen molar-refractivity contribution in [3.05, 3.63) is 69.8 Å². The van der Waals surface area contributed by atoms with Crippen LogP contribution in [0.4, 0.5) is 5.69 Å². The van der Waals surface area contributed by atoms with Gasteiger partial charge in [0.15, 0.2) is 16.4 Å². The van der Waals surface area contributed by atoms with Gasteiger partial charge in [-0.3, -0.25) is 14.9 Å². The lowest BCUT2D eigenvalue weighted by Gasteiger charge is -2.28. The molecule has 0 radical (unpaired) electrons. The lowest BCUT2D eigenvalue weighted by atomic mass is 10.1. The summed E-state index contributed by atoms with van der Waals surface area (Å²) in [5, 5.41) is 10.7. The molecular weight excluding hydrogens is 408 g/mol. The van der Waals surface area contributed by atoms with Gasteiger partial charge in [-0.05, 0) is 36.1 Å². The Bertz CT molecular complexity index is 1000. The predicted octanol–water partition coefficient (Wildman–Crippen LogP) is 2.75. The topological polar surface area (TPSA) is 107 Å². The van der Waals surface area contributed by atoms with E-state index in [2.05, 4.69) is 6.92 Å². The average Bonchev–Trinajstić information content (AvgIpc) is 3.10. The van der Waals surface area contributed by atoms with Crippen LogP contribution in [0.25, 0.3) is 0 Å². The number of rotatable bonds is 8. The minimum absolute atomic E-state index is 0.0523. The van der Waals surface area contributed by atoms with Crippen LogP contribution in [-0.2, 0) is 27.6 Å². The van der Waals surface area contributed by atoms with E-state index >= 15 is 0 Å². The Labute approximate surface area is 175 Å². The maximum absolute atomic E-state index is 12.9. The standard InChI is InChI=1S/C21H24N2O6S/c1-2-16-3-5-17(6-4-16)13-22(19-11-12-30(27,28)15-19)21(24)14-29-20-9-7-18(8-10-20)23(25)26/h3-10,19H,2,11-15H2,1H3/t19-/m1/s1. The average molecular weight is 432 g/mol. The molecule has 1 aliphatic rings. The number of nitrogens with zero attached hydrogens (tertiary/aromatic N) is 2. The van der Waals surface area contributed by atoms with Crippen LogP contribution in [0.1, 0.15) is 24.5 Å². The van der Waals surface area contributed by atoms with Crippen molar-refractivity contribution >= 4 is 21.4 Å². The summed E-state index contributed by atoms with van der Waals surface area (Å²) < 4.78 is 29.4. The summed E-state index contributed by atoms with van der Waals surface area (Å²) in [6.07, 6.45) is 1.31. The molecule has 1 saturated heterocycles. The third kappa shape index (κ3) is 5.56. The van der Waals surface area contributed by atoms with Crippen LogP contribution in [0.2, 0.25) is 0 Å². The van der Waals surface area contributed by atoms with Crippen LogP contribution in [0.5, 0.6) is 5.75 Å². The van der Waals surface area contributed by atoms with Gasteiger partial charge in [-0.25, -0.2) is 8.42 Å². The van der Waals surface area contributed by atoms with Gasteiger partial charge in [-0.2, -0.15) is 0 Å². The van der Waals surface area contributed by atoms with Gasteiger partial charge in [0.25, 0.3) is 11.6 Å². The summed E-state index contributed by atoms with van der Waals surface area (Å²) in [6.45, 7) is 2.08. The van der Waals surface area contributed by atoms with E-state index < -0.39 is 20.8 Å². The molecule has 1 amide bonds. The third-order valence-corrected chi connectivity index (χ3v) is 6.91. The summed E-state index contributed by atoms with van der Waals surface area (Å²) >= 11 is 0. The van der Waals surface area contributed by atoms with Gasteiger partial charge < -0.3 is 9.64 Å². The first-order valence-corrected chi connectivity index (χ1v) is 11.5. The molecule has 0 aromatic heterocycles. The van der Waals surface area contributed by atoms with E-state index in [0.717, 1.165) is 12.0 Å². The third-order valence-electron chi connectivity index (χ3n) is 5.16. The van der Waals surface area contributed by atoms with E-state index in [1.165, 1.54) is 29.8 Å². The van der Waals surface area contributed by atoms with E-state index in [0.29, 0.717) is 18.7 Å². The Morgan fingerprint density at radius 2 is 1.77 bits per heavy atom. The van der Waals surface area contributed by atoms with Crippen molar-refractivity contribution in [1.82, 2.24) is 4.90 Å². The van der Waals surface area contributed by atoms with E-state index in [1.54, 1.807) is 4.90 Å². The number of ether oxygens (including phenoxy) is 1. The maximum atomic E-state index is 12.9. The second-order valence-electron chi connectivity index (χ2n) is 7.29. The first-order chi connectivity index (χ1) is 14.3. The Kier molecular flexibility index (Phi) is 6.71. The van der Waals surface area contributed by atoms with Crippen molar-refractivity contribution in [3.8, 4) is 5.75 Å². The smallest absolute Gasteiger partial charge is 0.269 e. The fourth-order valence-corrected chi connectivity index (χ4v) is 5.14. The Morgan fingerprint density at radius 1 is 1.13 bits per heavy atom. The SMILES string of the molecule is CCc1ccc(CN(C(=O)COc2ccc([N+](=O)[O-])cc2)[C@@H]2CCS(=O)(=O)C2)cc1. The second kappa shape index (κ2) is 9.25. The molecule has 9 heteroatoms. The minimum Gasteiger partial charge on any atom is -0.484 e. The fraction of sp³-hybridized carbons (Fsp3) is 0.381. The van der Waals surface area contributed by atoms with Gasteiger partial charge in [0.2, 0.25) is 0 Å². The van der Waals surface area contributed by atoms with Gasteiger partial charge in [0, 0.05) is 24.7 Å². The van der Waals surface area contributed by atoms with Gasteiger partial charge in [-0.15, -0.1) is 0 Å². The van der Waals surface area contributed by atoms with Crippen LogP contribution in [-0.4, -0.2) is 48.3 Å². The van der Waals surface area contributed by atoms with Crippen LogP contribution in [0.15, 0.2) is 48.5 Å². The summed E-state index contributed by atoms with van der Waals surface area (Å²) in [7, 11) is -3.16. The van der Waals surface area contributed by atoms with Crippen LogP contribution < -0.4 is 4.74 Å². The number of amides is 1. The zero-order valence-electron chi connectivity index (χ0n) is 16.7. The first-order valence-electron chi connectivity index (χ1n) is 9.72. The van der Waals surface area contributed by atoms with Crippen molar-refractivity contribution in [2.24, 2.45) is 0 Å². The molecule has 30 heavy (non-hydrogen) atoms. The Hall–Kier alpha value is -2.94.